The van der Waals surface area contributed by atoms with Gasteiger partial charge in [0.05, 0.1) is 0 Å². The van der Waals surface area contributed by atoms with Crippen molar-refractivity contribution >= 4 is 17.3 Å². The Labute approximate surface area is 132 Å². The maximum absolute atomic E-state index is 6.13. The van der Waals surface area contributed by atoms with Gasteiger partial charge < -0.3 is 10.2 Å². The first-order valence-corrected chi connectivity index (χ1v) is 7.76. The summed E-state index contributed by atoms with van der Waals surface area (Å²) in [6, 6.07) is 16.7. The van der Waals surface area contributed by atoms with Gasteiger partial charge in [-0.15, -0.1) is 0 Å². The Morgan fingerprint density at radius 3 is 2.57 bits per heavy atom. The first kappa shape index (κ1) is 15.9. The molecule has 0 aliphatic rings. The lowest BCUT2D eigenvalue weighted by molar-refractivity contribution is 0.646. The van der Waals surface area contributed by atoms with Gasteiger partial charge >= 0.3 is 0 Å². The zero-order valence-corrected chi connectivity index (χ0v) is 13.5. The largest absolute Gasteiger partial charge is 0.375 e. The molecule has 2 rings (SSSR count). The fourth-order valence-corrected chi connectivity index (χ4v) is 2.43. The molecule has 0 unspecified atom stereocenters. The van der Waals surface area contributed by atoms with Crippen LogP contribution in [0.25, 0.3) is 0 Å². The van der Waals surface area contributed by atoms with E-state index >= 15 is 0 Å². The average molecular weight is 303 g/mol. The lowest BCUT2D eigenvalue weighted by atomic mass is 10.1. The van der Waals surface area contributed by atoms with Crippen LogP contribution in [0, 0.1) is 6.92 Å². The minimum absolute atomic E-state index is 0.845. The number of aryl methyl sites for hydroxylation is 1. The second-order valence-corrected chi connectivity index (χ2v) is 5.78. The SMILES string of the molecule is Cc1ccc(CNCCCN(C)c2ccccc2)cc1Cl. The molecule has 0 saturated carbocycles. The third-order valence-electron chi connectivity index (χ3n) is 3.61. The lowest BCUT2D eigenvalue weighted by Gasteiger charge is -2.19. The Kier molecular flexibility index (Phi) is 6.09. The highest BCUT2D eigenvalue weighted by molar-refractivity contribution is 6.31. The molecule has 0 radical (unpaired) electrons. The van der Waals surface area contributed by atoms with Crippen molar-refractivity contribution in [1.29, 1.82) is 0 Å². The highest BCUT2D eigenvalue weighted by Crippen LogP contribution is 2.16. The molecule has 0 fully saturated rings. The van der Waals surface area contributed by atoms with Gasteiger partial charge in [-0.1, -0.05) is 41.9 Å². The Bertz CT molecular complexity index is 554. The van der Waals surface area contributed by atoms with Crippen molar-refractivity contribution in [2.75, 3.05) is 25.0 Å². The van der Waals surface area contributed by atoms with Crippen LogP contribution in [0.5, 0.6) is 0 Å². The minimum atomic E-state index is 0.845. The average Bonchev–Trinajstić information content (AvgIpc) is 2.51. The molecule has 3 heteroatoms. The van der Waals surface area contributed by atoms with Crippen LogP contribution in [-0.4, -0.2) is 20.1 Å². The number of nitrogens with zero attached hydrogens (tertiary/aromatic N) is 1. The van der Waals surface area contributed by atoms with Gasteiger partial charge in [0.1, 0.15) is 0 Å². The molecular formula is C18H23ClN2. The standard InChI is InChI=1S/C18H23ClN2/c1-15-9-10-16(13-18(15)19)14-20-11-6-12-21(2)17-7-4-3-5-8-17/h3-5,7-10,13,20H,6,11-12,14H2,1-2H3. The molecule has 0 saturated heterocycles. The summed E-state index contributed by atoms with van der Waals surface area (Å²) < 4.78 is 0. The predicted octanol–water partition coefficient (Wildman–Crippen LogP) is 4.26. The van der Waals surface area contributed by atoms with Crippen molar-refractivity contribution in [2.24, 2.45) is 0 Å². The second kappa shape index (κ2) is 8.06. The maximum Gasteiger partial charge on any atom is 0.0438 e. The zero-order chi connectivity index (χ0) is 15.1. The quantitative estimate of drug-likeness (QED) is 0.769. The van der Waals surface area contributed by atoms with E-state index < -0.39 is 0 Å². The summed E-state index contributed by atoms with van der Waals surface area (Å²) in [6.07, 6.45) is 1.12. The zero-order valence-electron chi connectivity index (χ0n) is 12.8. The number of rotatable bonds is 7. The number of hydrogen-bond donors (Lipinski definition) is 1. The third-order valence-corrected chi connectivity index (χ3v) is 4.02. The van der Waals surface area contributed by atoms with E-state index in [0.29, 0.717) is 0 Å². The molecule has 2 aromatic carbocycles. The summed E-state index contributed by atoms with van der Waals surface area (Å²) in [4.78, 5) is 2.28. The molecule has 0 amide bonds. The van der Waals surface area contributed by atoms with E-state index in [2.05, 4.69) is 53.7 Å². The monoisotopic (exact) mass is 302 g/mol. The highest BCUT2D eigenvalue weighted by atomic mass is 35.5. The molecule has 0 atom stereocenters. The van der Waals surface area contributed by atoms with Crippen molar-refractivity contribution < 1.29 is 0 Å². The fourth-order valence-electron chi connectivity index (χ4n) is 2.23. The molecule has 0 aliphatic carbocycles. The number of benzene rings is 2. The summed E-state index contributed by atoms with van der Waals surface area (Å²) in [5.41, 5.74) is 3.63. The van der Waals surface area contributed by atoms with Gasteiger partial charge in [-0.3, -0.25) is 0 Å². The molecule has 1 N–H and O–H groups in total. The summed E-state index contributed by atoms with van der Waals surface area (Å²) in [5.74, 6) is 0. The van der Waals surface area contributed by atoms with E-state index in [1.807, 2.05) is 19.1 Å². The van der Waals surface area contributed by atoms with Crippen LogP contribution >= 0.6 is 11.6 Å². The van der Waals surface area contributed by atoms with Crippen LogP contribution < -0.4 is 10.2 Å². The van der Waals surface area contributed by atoms with Crippen molar-refractivity contribution in [1.82, 2.24) is 5.32 Å². The van der Waals surface area contributed by atoms with Gasteiger partial charge in [-0.25, -0.2) is 0 Å². The van der Waals surface area contributed by atoms with Gasteiger partial charge in [-0.2, -0.15) is 0 Å². The van der Waals surface area contributed by atoms with E-state index in [1.165, 1.54) is 11.3 Å². The number of nitrogens with one attached hydrogen (secondary N) is 1. The van der Waals surface area contributed by atoms with E-state index in [-0.39, 0.29) is 0 Å². The van der Waals surface area contributed by atoms with Crippen molar-refractivity contribution in [3.63, 3.8) is 0 Å². The van der Waals surface area contributed by atoms with Gasteiger partial charge in [-0.05, 0) is 49.2 Å². The van der Waals surface area contributed by atoms with Gasteiger partial charge in [0.2, 0.25) is 0 Å². The first-order valence-electron chi connectivity index (χ1n) is 7.39. The molecule has 0 aromatic heterocycles. The molecule has 0 heterocycles. The first-order chi connectivity index (χ1) is 10.2. The molecule has 112 valence electrons. The molecular weight excluding hydrogens is 280 g/mol. The topological polar surface area (TPSA) is 15.3 Å². The Hall–Kier alpha value is -1.51. The number of halogens is 1. The third kappa shape index (κ3) is 5.07. The molecule has 0 bridgehead atoms. The van der Waals surface area contributed by atoms with Crippen LogP contribution in [-0.2, 0) is 6.54 Å². The summed E-state index contributed by atoms with van der Waals surface area (Å²) in [7, 11) is 2.13. The van der Waals surface area contributed by atoms with E-state index in [9.17, 15) is 0 Å². The molecule has 0 spiro atoms. The molecule has 2 nitrogen and oxygen atoms in total. The predicted molar refractivity (Wildman–Crippen MR) is 92.2 cm³/mol. The number of hydrogen-bond acceptors (Lipinski definition) is 2. The Morgan fingerprint density at radius 2 is 1.86 bits per heavy atom. The molecule has 2 aromatic rings. The van der Waals surface area contributed by atoms with Crippen LogP contribution in [0.2, 0.25) is 5.02 Å². The lowest BCUT2D eigenvalue weighted by Crippen LogP contribution is -2.23. The van der Waals surface area contributed by atoms with E-state index in [1.54, 1.807) is 0 Å². The van der Waals surface area contributed by atoms with E-state index in [0.717, 1.165) is 36.6 Å². The summed E-state index contributed by atoms with van der Waals surface area (Å²) in [6.45, 7) is 4.95. The Morgan fingerprint density at radius 1 is 1.10 bits per heavy atom. The Balaban J connectivity index is 1.67. The van der Waals surface area contributed by atoms with Crippen LogP contribution in [0.3, 0.4) is 0 Å². The molecule has 21 heavy (non-hydrogen) atoms. The summed E-state index contributed by atoms with van der Waals surface area (Å²) >= 11 is 6.13. The van der Waals surface area contributed by atoms with Crippen molar-refractivity contribution in [2.45, 2.75) is 19.9 Å². The molecule has 0 aliphatic heterocycles. The van der Waals surface area contributed by atoms with Gasteiger partial charge in [0, 0.05) is 30.8 Å². The van der Waals surface area contributed by atoms with Crippen LogP contribution in [0.1, 0.15) is 17.5 Å². The summed E-state index contributed by atoms with van der Waals surface area (Å²) in [5, 5.41) is 4.32. The van der Waals surface area contributed by atoms with Crippen molar-refractivity contribution in [3.8, 4) is 0 Å². The minimum Gasteiger partial charge on any atom is -0.375 e. The second-order valence-electron chi connectivity index (χ2n) is 5.37. The number of anilines is 1. The van der Waals surface area contributed by atoms with Crippen LogP contribution in [0.4, 0.5) is 5.69 Å². The fraction of sp³-hybridized carbons (Fsp3) is 0.333. The normalized spacial score (nSPS) is 10.6. The number of para-hydroxylation sites is 1. The van der Waals surface area contributed by atoms with Gasteiger partial charge in [0.25, 0.3) is 0 Å². The van der Waals surface area contributed by atoms with Crippen LogP contribution in [0.15, 0.2) is 48.5 Å². The maximum atomic E-state index is 6.13. The smallest absolute Gasteiger partial charge is 0.0438 e. The van der Waals surface area contributed by atoms with Gasteiger partial charge in [0.15, 0.2) is 0 Å². The highest BCUT2D eigenvalue weighted by Gasteiger charge is 2.00. The van der Waals surface area contributed by atoms with Crippen molar-refractivity contribution in [3.05, 3.63) is 64.7 Å². The van der Waals surface area contributed by atoms with E-state index in [4.69, 9.17) is 11.6 Å².